The topological polar surface area (TPSA) is 54.5 Å². The van der Waals surface area contributed by atoms with E-state index in [1.807, 2.05) is 44.2 Å². The molecule has 1 amide bonds. The normalized spacial score (nSPS) is 10.2. The number of rotatable bonds is 7. The monoisotopic (exact) mass is 313 g/mol. The van der Waals surface area contributed by atoms with Crippen LogP contribution in [-0.2, 0) is 6.54 Å². The predicted molar refractivity (Wildman–Crippen MR) is 91.8 cm³/mol. The van der Waals surface area contributed by atoms with Crippen molar-refractivity contribution in [1.29, 1.82) is 0 Å². The van der Waals surface area contributed by atoms with Crippen LogP contribution in [0.25, 0.3) is 0 Å². The number of aromatic nitrogens is 1. The van der Waals surface area contributed by atoms with Crippen LogP contribution in [0.1, 0.15) is 29.9 Å². The molecule has 0 saturated carbocycles. The van der Waals surface area contributed by atoms with Gasteiger partial charge in [0.2, 0.25) is 0 Å². The highest BCUT2D eigenvalue weighted by Gasteiger charge is 2.13. The summed E-state index contributed by atoms with van der Waals surface area (Å²) in [6.07, 6.45) is 1.69. The van der Waals surface area contributed by atoms with E-state index in [4.69, 9.17) is 4.74 Å². The molecule has 122 valence electrons. The van der Waals surface area contributed by atoms with E-state index in [2.05, 4.69) is 10.3 Å². The summed E-state index contributed by atoms with van der Waals surface area (Å²) in [5.74, 6) is 0.811. The van der Waals surface area contributed by atoms with Crippen molar-refractivity contribution in [2.45, 2.75) is 20.4 Å². The summed E-state index contributed by atoms with van der Waals surface area (Å²) in [6.45, 7) is 6.00. The number of amides is 1. The molecule has 1 N–H and O–H groups in total. The molecule has 0 spiro atoms. The fourth-order valence-corrected chi connectivity index (χ4v) is 2.25. The van der Waals surface area contributed by atoms with Crippen molar-refractivity contribution < 1.29 is 9.53 Å². The van der Waals surface area contributed by atoms with Crippen LogP contribution in [0, 0.1) is 0 Å². The predicted octanol–water partition coefficient (Wildman–Crippen LogP) is 3.18. The lowest BCUT2D eigenvalue weighted by atomic mass is 10.2. The Kier molecular flexibility index (Phi) is 5.97. The molecule has 1 heterocycles. The SMILES string of the molecule is CCN(CC)C(=O)c1ccc(NCc2ccc(OC)cc2)cn1. The average Bonchev–Trinajstić information content (AvgIpc) is 2.61. The third-order valence-electron chi connectivity index (χ3n) is 3.69. The number of carbonyl (C=O) groups is 1. The maximum Gasteiger partial charge on any atom is 0.272 e. The Morgan fingerprint density at radius 2 is 1.83 bits per heavy atom. The summed E-state index contributed by atoms with van der Waals surface area (Å²) in [7, 11) is 1.65. The zero-order valence-corrected chi connectivity index (χ0v) is 13.9. The minimum Gasteiger partial charge on any atom is -0.497 e. The largest absolute Gasteiger partial charge is 0.497 e. The Hall–Kier alpha value is -2.56. The number of carbonyl (C=O) groups excluding carboxylic acids is 1. The highest BCUT2D eigenvalue weighted by molar-refractivity contribution is 5.92. The summed E-state index contributed by atoms with van der Waals surface area (Å²) >= 11 is 0. The number of hydrogen-bond donors (Lipinski definition) is 1. The molecule has 0 aliphatic carbocycles. The van der Waals surface area contributed by atoms with Gasteiger partial charge in [-0.3, -0.25) is 4.79 Å². The molecule has 0 fully saturated rings. The maximum absolute atomic E-state index is 12.2. The van der Waals surface area contributed by atoms with Crippen LogP contribution in [0.15, 0.2) is 42.6 Å². The third kappa shape index (κ3) is 4.45. The van der Waals surface area contributed by atoms with E-state index in [9.17, 15) is 4.79 Å². The highest BCUT2D eigenvalue weighted by Crippen LogP contribution is 2.14. The first kappa shape index (κ1) is 16.8. The molecular weight excluding hydrogens is 290 g/mol. The highest BCUT2D eigenvalue weighted by atomic mass is 16.5. The Morgan fingerprint density at radius 3 is 2.35 bits per heavy atom. The van der Waals surface area contributed by atoms with Gasteiger partial charge in [0.1, 0.15) is 11.4 Å². The van der Waals surface area contributed by atoms with Crippen molar-refractivity contribution in [1.82, 2.24) is 9.88 Å². The van der Waals surface area contributed by atoms with Gasteiger partial charge in [-0.1, -0.05) is 12.1 Å². The van der Waals surface area contributed by atoms with Crippen molar-refractivity contribution >= 4 is 11.6 Å². The van der Waals surface area contributed by atoms with E-state index < -0.39 is 0 Å². The second-order valence-electron chi connectivity index (χ2n) is 5.11. The smallest absolute Gasteiger partial charge is 0.272 e. The van der Waals surface area contributed by atoms with Crippen LogP contribution in [0.4, 0.5) is 5.69 Å². The molecule has 23 heavy (non-hydrogen) atoms. The first-order valence-corrected chi connectivity index (χ1v) is 7.80. The number of nitrogens with one attached hydrogen (secondary N) is 1. The van der Waals surface area contributed by atoms with E-state index in [1.165, 1.54) is 0 Å². The van der Waals surface area contributed by atoms with Crippen molar-refractivity contribution in [3.63, 3.8) is 0 Å². The van der Waals surface area contributed by atoms with Crippen molar-refractivity contribution in [3.05, 3.63) is 53.9 Å². The van der Waals surface area contributed by atoms with E-state index in [1.54, 1.807) is 24.3 Å². The number of nitrogens with zero attached hydrogens (tertiary/aromatic N) is 2. The summed E-state index contributed by atoms with van der Waals surface area (Å²) in [6, 6.07) is 11.5. The van der Waals surface area contributed by atoms with E-state index in [0.717, 1.165) is 17.0 Å². The van der Waals surface area contributed by atoms with Gasteiger partial charge < -0.3 is 15.0 Å². The van der Waals surface area contributed by atoms with E-state index >= 15 is 0 Å². The van der Waals surface area contributed by atoms with Gasteiger partial charge in [-0.15, -0.1) is 0 Å². The third-order valence-corrected chi connectivity index (χ3v) is 3.69. The van der Waals surface area contributed by atoms with Crippen molar-refractivity contribution in [3.8, 4) is 5.75 Å². The molecule has 0 atom stereocenters. The second kappa shape index (κ2) is 8.17. The van der Waals surface area contributed by atoms with Gasteiger partial charge in [-0.05, 0) is 43.7 Å². The minimum atomic E-state index is -0.0308. The van der Waals surface area contributed by atoms with Gasteiger partial charge in [0.05, 0.1) is 19.0 Å². The van der Waals surface area contributed by atoms with Crippen molar-refractivity contribution in [2.24, 2.45) is 0 Å². The number of pyridine rings is 1. The number of benzene rings is 1. The molecule has 1 aromatic carbocycles. The van der Waals surface area contributed by atoms with Crippen LogP contribution in [0.3, 0.4) is 0 Å². The molecule has 0 unspecified atom stereocenters. The fourth-order valence-electron chi connectivity index (χ4n) is 2.25. The van der Waals surface area contributed by atoms with Gasteiger partial charge in [0, 0.05) is 19.6 Å². The molecule has 2 aromatic rings. The molecule has 0 radical (unpaired) electrons. The molecule has 0 bridgehead atoms. The molecule has 5 nitrogen and oxygen atoms in total. The van der Waals surface area contributed by atoms with Crippen LogP contribution >= 0.6 is 0 Å². The number of ether oxygens (including phenoxy) is 1. The van der Waals surface area contributed by atoms with Gasteiger partial charge in [-0.25, -0.2) is 4.98 Å². The van der Waals surface area contributed by atoms with Crippen LogP contribution in [0.5, 0.6) is 5.75 Å². The first-order valence-electron chi connectivity index (χ1n) is 7.80. The number of anilines is 1. The Bertz CT molecular complexity index is 620. The van der Waals surface area contributed by atoms with Gasteiger partial charge in [-0.2, -0.15) is 0 Å². The first-order chi connectivity index (χ1) is 11.2. The Balaban J connectivity index is 1.95. The summed E-state index contributed by atoms with van der Waals surface area (Å²) in [4.78, 5) is 18.2. The Morgan fingerprint density at radius 1 is 1.13 bits per heavy atom. The summed E-state index contributed by atoms with van der Waals surface area (Å²) < 4.78 is 5.14. The van der Waals surface area contributed by atoms with Crippen LogP contribution in [0.2, 0.25) is 0 Å². The zero-order valence-electron chi connectivity index (χ0n) is 13.9. The van der Waals surface area contributed by atoms with E-state index in [-0.39, 0.29) is 5.91 Å². The lowest BCUT2D eigenvalue weighted by Crippen LogP contribution is -2.31. The quantitative estimate of drug-likeness (QED) is 0.853. The number of methoxy groups -OCH3 is 1. The van der Waals surface area contributed by atoms with Gasteiger partial charge >= 0.3 is 0 Å². The Labute approximate surface area is 137 Å². The molecule has 2 rings (SSSR count). The van der Waals surface area contributed by atoms with Gasteiger partial charge in [0.25, 0.3) is 5.91 Å². The fraction of sp³-hybridized carbons (Fsp3) is 0.333. The zero-order chi connectivity index (χ0) is 16.7. The summed E-state index contributed by atoms with van der Waals surface area (Å²) in [5, 5.41) is 3.29. The summed E-state index contributed by atoms with van der Waals surface area (Å²) in [5.41, 5.74) is 2.51. The molecular formula is C18H23N3O2. The van der Waals surface area contributed by atoms with Gasteiger partial charge in [0.15, 0.2) is 0 Å². The van der Waals surface area contributed by atoms with Crippen LogP contribution < -0.4 is 10.1 Å². The number of hydrogen-bond acceptors (Lipinski definition) is 4. The lowest BCUT2D eigenvalue weighted by Gasteiger charge is -2.18. The lowest BCUT2D eigenvalue weighted by molar-refractivity contribution is 0.0767. The average molecular weight is 313 g/mol. The molecule has 0 aliphatic rings. The van der Waals surface area contributed by atoms with Crippen LogP contribution in [-0.4, -0.2) is 36.0 Å². The van der Waals surface area contributed by atoms with E-state index in [0.29, 0.717) is 25.3 Å². The molecule has 5 heteroatoms. The molecule has 1 aromatic heterocycles. The van der Waals surface area contributed by atoms with Crippen molar-refractivity contribution in [2.75, 3.05) is 25.5 Å². The maximum atomic E-state index is 12.2. The standard InChI is InChI=1S/C18H23N3O2/c1-4-21(5-2)18(22)17-11-8-15(13-20-17)19-12-14-6-9-16(23-3)10-7-14/h6-11,13,19H,4-5,12H2,1-3H3. The molecule has 0 saturated heterocycles. The minimum absolute atomic E-state index is 0.0308. The molecule has 0 aliphatic heterocycles. The second-order valence-corrected chi connectivity index (χ2v) is 5.11.